The van der Waals surface area contributed by atoms with Crippen molar-refractivity contribution in [3.05, 3.63) is 29.3 Å². The molecular formula is C12H18ClNO. The average Bonchev–Trinajstić information content (AvgIpc) is 2.14. The molecule has 1 rings (SSSR count). The predicted octanol–water partition coefficient (Wildman–Crippen LogP) is 3.09. The summed E-state index contributed by atoms with van der Waals surface area (Å²) < 4.78 is 5.80. The zero-order chi connectivity index (χ0) is 11.5. The molecule has 1 aromatic carbocycles. The second-order valence-corrected chi connectivity index (χ2v) is 5.05. The van der Waals surface area contributed by atoms with Gasteiger partial charge in [0, 0.05) is 12.0 Å². The van der Waals surface area contributed by atoms with Gasteiger partial charge in [-0.2, -0.15) is 0 Å². The minimum absolute atomic E-state index is 0.00786. The fourth-order valence-corrected chi connectivity index (χ4v) is 1.45. The molecule has 3 heteroatoms. The molecule has 0 heterocycles. The summed E-state index contributed by atoms with van der Waals surface area (Å²) in [6, 6.07) is 7.45. The number of halogens is 1. The molecule has 84 valence electrons. The molecule has 2 N–H and O–H groups in total. The molecular weight excluding hydrogens is 210 g/mol. The van der Waals surface area contributed by atoms with E-state index in [4.69, 9.17) is 22.1 Å². The third-order valence-electron chi connectivity index (χ3n) is 2.29. The van der Waals surface area contributed by atoms with Gasteiger partial charge in [-0.25, -0.2) is 0 Å². The SMILES string of the molecule is CC(C)(C)C(CN)Oc1ccccc1Cl. The molecule has 1 unspecified atom stereocenters. The Kier molecular flexibility index (Phi) is 4.00. The van der Waals surface area contributed by atoms with Crippen molar-refractivity contribution in [2.75, 3.05) is 6.54 Å². The van der Waals surface area contributed by atoms with Crippen molar-refractivity contribution >= 4 is 11.6 Å². The Bertz CT molecular complexity index is 320. The normalized spacial score (nSPS) is 13.7. The summed E-state index contributed by atoms with van der Waals surface area (Å²) in [5.74, 6) is 0.699. The highest BCUT2D eigenvalue weighted by molar-refractivity contribution is 6.32. The topological polar surface area (TPSA) is 35.2 Å². The first kappa shape index (κ1) is 12.3. The molecule has 0 aliphatic carbocycles. The summed E-state index contributed by atoms with van der Waals surface area (Å²) in [7, 11) is 0. The van der Waals surface area contributed by atoms with Crippen molar-refractivity contribution in [1.29, 1.82) is 0 Å². The molecule has 0 fully saturated rings. The molecule has 1 atom stereocenters. The molecule has 0 saturated heterocycles. The first-order valence-electron chi connectivity index (χ1n) is 5.06. The van der Waals surface area contributed by atoms with E-state index in [9.17, 15) is 0 Å². The summed E-state index contributed by atoms with van der Waals surface area (Å²) in [4.78, 5) is 0. The summed E-state index contributed by atoms with van der Waals surface area (Å²) in [5.41, 5.74) is 5.70. The van der Waals surface area contributed by atoms with Gasteiger partial charge in [0.2, 0.25) is 0 Å². The van der Waals surface area contributed by atoms with Crippen LogP contribution in [-0.2, 0) is 0 Å². The van der Waals surface area contributed by atoms with Gasteiger partial charge in [-0.1, -0.05) is 44.5 Å². The van der Waals surface area contributed by atoms with Crippen LogP contribution >= 0.6 is 11.6 Å². The van der Waals surface area contributed by atoms with Crippen molar-refractivity contribution in [3.8, 4) is 5.75 Å². The maximum absolute atomic E-state index is 6.01. The van der Waals surface area contributed by atoms with E-state index < -0.39 is 0 Å². The number of nitrogens with two attached hydrogens (primary N) is 1. The Morgan fingerprint density at radius 2 is 1.93 bits per heavy atom. The van der Waals surface area contributed by atoms with Crippen LogP contribution in [0.4, 0.5) is 0 Å². The largest absolute Gasteiger partial charge is 0.487 e. The third kappa shape index (κ3) is 3.40. The van der Waals surface area contributed by atoms with Gasteiger partial charge in [-0.3, -0.25) is 0 Å². The monoisotopic (exact) mass is 227 g/mol. The highest BCUT2D eigenvalue weighted by Crippen LogP contribution is 2.29. The Morgan fingerprint density at radius 1 is 1.33 bits per heavy atom. The predicted molar refractivity (Wildman–Crippen MR) is 64.4 cm³/mol. The average molecular weight is 228 g/mol. The molecule has 15 heavy (non-hydrogen) atoms. The lowest BCUT2D eigenvalue weighted by atomic mass is 9.89. The molecule has 0 spiro atoms. The van der Waals surface area contributed by atoms with Crippen LogP contribution in [0.3, 0.4) is 0 Å². The van der Waals surface area contributed by atoms with E-state index in [1.165, 1.54) is 0 Å². The van der Waals surface area contributed by atoms with Crippen LogP contribution in [0.15, 0.2) is 24.3 Å². The van der Waals surface area contributed by atoms with Crippen LogP contribution in [0.1, 0.15) is 20.8 Å². The van der Waals surface area contributed by atoms with Gasteiger partial charge in [0.05, 0.1) is 5.02 Å². The molecule has 0 bridgehead atoms. The smallest absolute Gasteiger partial charge is 0.138 e. The molecule has 0 radical (unpaired) electrons. The van der Waals surface area contributed by atoms with Crippen molar-refractivity contribution in [1.82, 2.24) is 0 Å². The van der Waals surface area contributed by atoms with E-state index >= 15 is 0 Å². The fraction of sp³-hybridized carbons (Fsp3) is 0.500. The van der Waals surface area contributed by atoms with Crippen LogP contribution in [-0.4, -0.2) is 12.6 Å². The summed E-state index contributed by atoms with van der Waals surface area (Å²) in [5, 5.41) is 0.625. The fourth-order valence-electron chi connectivity index (χ4n) is 1.27. The van der Waals surface area contributed by atoms with Gasteiger partial charge in [0.15, 0.2) is 0 Å². The van der Waals surface area contributed by atoms with Crippen LogP contribution < -0.4 is 10.5 Å². The highest BCUT2D eigenvalue weighted by Gasteiger charge is 2.25. The molecule has 0 aliphatic heterocycles. The van der Waals surface area contributed by atoms with Crippen LogP contribution in [0.2, 0.25) is 5.02 Å². The van der Waals surface area contributed by atoms with Crippen molar-refractivity contribution in [2.45, 2.75) is 26.9 Å². The molecule has 1 aromatic rings. The van der Waals surface area contributed by atoms with E-state index in [0.717, 1.165) is 0 Å². The first-order valence-corrected chi connectivity index (χ1v) is 5.44. The lowest BCUT2D eigenvalue weighted by molar-refractivity contribution is 0.0943. The number of para-hydroxylation sites is 1. The number of rotatable bonds is 3. The Hall–Kier alpha value is -0.730. The van der Waals surface area contributed by atoms with Gasteiger partial charge in [-0.15, -0.1) is 0 Å². The van der Waals surface area contributed by atoms with Crippen LogP contribution in [0.5, 0.6) is 5.75 Å². The number of hydrogen-bond acceptors (Lipinski definition) is 2. The van der Waals surface area contributed by atoms with Crippen LogP contribution in [0, 0.1) is 5.41 Å². The van der Waals surface area contributed by atoms with Gasteiger partial charge < -0.3 is 10.5 Å². The van der Waals surface area contributed by atoms with Crippen molar-refractivity contribution in [3.63, 3.8) is 0 Å². The molecule has 0 amide bonds. The Labute approximate surface area is 96.4 Å². The zero-order valence-electron chi connectivity index (χ0n) is 9.46. The van der Waals surface area contributed by atoms with E-state index in [2.05, 4.69) is 20.8 Å². The van der Waals surface area contributed by atoms with Gasteiger partial charge >= 0.3 is 0 Å². The molecule has 2 nitrogen and oxygen atoms in total. The van der Waals surface area contributed by atoms with E-state index in [1.54, 1.807) is 0 Å². The lowest BCUT2D eigenvalue weighted by Crippen LogP contribution is -2.38. The Morgan fingerprint density at radius 3 is 2.40 bits per heavy atom. The third-order valence-corrected chi connectivity index (χ3v) is 2.60. The quantitative estimate of drug-likeness (QED) is 0.862. The molecule has 0 aromatic heterocycles. The number of hydrogen-bond donors (Lipinski definition) is 1. The number of benzene rings is 1. The maximum atomic E-state index is 6.01. The second kappa shape index (κ2) is 4.86. The Balaban J connectivity index is 2.80. The van der Waals surface area contributed by atoms with Crippen molar-refractivity contribution < 1.29 is 4.74 Å². The summed E-state index contributed by atoms with van der Waals surface area (Å²) in [6.45, 7) is 6.78. The zero-order valence-corrected chi connectivity index (χ0v) is 10.2. The van der Waals surface area contributed by atoms with E-state index in [0.29, 0.717) is 17.3 Å². The summed E-state index contributed by atoms with van der Waals surface area (Å²) >= 11 is 6.01. The maximum Gasteiger partial charge on any atom is 0.138 e. The minimum Gasteiger partial charge on any atom is -0.487 e. The number of ether oxygens (including phenoxy) is 1. The van der Waals surface area contributed by atoms with Crippen molar-refractivity contribution in [2.24, 2.45) is 11.1 Å². The summed E-state index contributed by atoms with van der Waals surface area (Å²) in [6.07, 6.45) is -0.0302. The minimum atomic E-state index is -0.0302. The lowest BCUT2D eigenvalue weighted by Gasteiger charge is -2.30. The highest BCUT2D eigenvalue weighted by atomic mass is 35.5. The van der Waals surface area contributed by atoms with Gasteiger partial charge in [-0.05, 0) is 12.1 Å². The van der Waals surface area contributed by atoms with Gasteiger partial charge in [0.25, 0.3) is 0 Å². The second-order valence-electron chi connectivity index (χ2n) is 4.64. The molecule has 0 saturated carbocycles. The standard InChI is InChI=1S/C12H18ClNO/c1-12(2,3)11(8-14)15-10-7-5-4-6-9(10)13/h4-7,11H,8,14H2,1-3H3. The first-order chi connectivity index (χ1) is 6.95. The van der Waals surface area contributed by atoms with Gasteiger partial charge in [0.1, 0.15) is 11.9 Å². The van der Waals surface area contributed by atoms with Crippen LogP contribution in [0.25, 0.3) is 0 Å². The molecule has 0 aliphatic rings. The van der Waals surface area contributed by atoms with E-state index in [-0.39, 0.29) is 11.5 Å². The van der Waals surface area contributed by atoms with E-state index in [1.807, 2.05) is 24.3 Å².